The molecular formula is C17H20N4O2. The number of benzene rings is 1. The smallest absolute Gasteiger partial charge is 0.332 e. The molecular weight excluding hydrogens is 292 g/mol. The van der Waals surface area contributed by atoms with Gasteiger partial charge in [0, 0.05) is 12.5 Å². The zero-order valence-corrected chi connectivity index (χ0v) is 12.9. The second kappa shape index (κ2) is 5.68. The van der Waals surface area contributed by atoms with Gasteiger partial charge in [0.15, 0.2) is 5.82 Å². The minimum absolute atomic E-state index is 0.0127. The Labute approximate surface area is 133 Å². The van der Waals surface area contributed by atoms with Crippen molar-refractivity contribution in [2.24, 2.45) is 5.92 Å². The Bertz CT molecular complexity index is 754. The van der Waals surface area contributed by atoms with E-state index in [1.807, 2.05) is 17.0 Å². The number of fused-ring (bicyclic) bond motifs is 1. The van der Waals surface area contributed by atoms with E-state index in [1.54, 1.807) is 0 Å². The summed E-state index contributed by atoms with van der Waals surface area (Å²) in [6.45, 7) is 0.741. The molecule has 0 bridgehead atoms. The molecule has 1 amide bonds. The van der Waals surface area contributed by atoms with E-state index in [0.717, 1.165) is 38.6 Å². The second-order valence-electron chi connectivity index (χ2n) is 6.48. The molecule has 2 aliphatic rings. The number of H-pyrrole nitrogens is 2. The molecule has 2 heterocycles. The van der Waals surface area contributed by atoms with Gasteiger partial charge in [0.05, 0.1) is 6.04 Å². The summed E-state index contributed by atoms with van der Waals surface area (Å²) >= 11 is 0. The number of hydrogen-bond donors (Lipinski definition) is 2. The van der Waals surface area contributed by atoms with Crippen molar-refractivity contribution in [2.45, 2.75) is 38.1 Å². The van der Waals surface area contributed by atoms with Crippen LogP contribution in [0.1, 0.15) is 42.3 Å². The molecule has 1 aliphatic carbocycles. The number of piperidine rings is 1. The molecule has 2 N–H and O–H groups in total. The average molecular weight is 312 g/mol. The van der Waals surface area contributed by atoms with Gasteiger partial charge in [-0.05, 0) is 43.2 Å². The van der Waals surface area contributed by atoms with Crippen molar-refractivity contribution in [3.8, 4) is 0 Å². The van der Waals surface area contributed by atoms with E-state index in [2.05, 4.69) is 27.3 Å². The molecule has 2 aromatic rings. The van der Waals surface area contributed by atoms with E-state index < -0.39 is 0 Å². The van der Waals surface area contributed by atoms with Gasteiger partial charge in [-0.3, -0.25) is 9.78 Å². The molecule has 0 spiro atoms. The highest BCUT2D eigenvalue weighted by atomic mass is 16.2. The van der Waals surface area contributed by atoms with Crippen molar-refractivity contribution >= 4 is 5.91 Å². The fourth-order valence-electron chi connectivity index (χ4n) is 3.89. The van der Waals surface area contributed by atoms with Gasteiger partial charge in [0.1, 0.15) is 0 Å². The lowest BCUT2D eigenvalue weighted by atomic mass is 9.97. The summed E-state index contributed by atoms with van der Waals surface area (Å²) in [6, 6.07) is 8.18. The first-order valence-corrected chi connectivity index (χ1v) is 8.24. The number of carbonyl (C=O) groups is 1. The molecule has 0 unspecified atom stereocenters. The molecule has 1 aromatic carbocycles. The molecule has 1 aromatic heterocycles. The molecule has 0 radical (unpaired) electrons. The van der Waals surface area contributed by atoms with Gasteiger partial charge in [-0.15, -0.1) is 0 Å². The average Bonchev–Trinajstić information content (AvgIpc) is 3.20. The highest BCUT2D eigenvalue weighted by molar-refractivity contribution is 5.81. The van der Waals surface area contributed by atoms with Gasteiger partial charge in [-0.25, -0.2) is 9.89 Å². The molecule has 120 valence electrons. The third kappa shape index (κ3) is 2.58. The first kappa shape index (κ1) is 14.2. The highest BCUT2D eigenvalue weighted by Gasteiger charge is 2.36. The van der Waals surface area contributed by atoms with E-state index >= 15 is 0 Å². The number of likely N-dealkylation sites (tertiary alicyclic amines) is 1. The molecule has 1 atom stereocenters. The lowest BCUT2D eigenvalue weighted by molar-refractivity contribution is -0.139. The summed E-state index contributed by atoms with van der Waals surface area (Å²) in [5.41, 5.74) is 2.26. The standard InChI is InChI=1S/C17H20N4O2/c22-16(13-9-11-5-1-2-6-12(11)10-13)21-8-4-3-7-14(21)15-18-17(23)20-19-15/h1-2,5-6,13-14H,3-4,7-10H2,(H2,18,19,20,23)/t14-/m0/s1. The maximum absolute atomic E-state index is 13.1. The van der Waals surface area contributed by atoms with Crippen molar-refractivity contribution in [2.75, 3.05) is 6.54 Å². The molecule has 6 nitrogen and oxygen atoms in total. The Kier molecular flexibility index (Phi) is 3.52. The number of hydrogen-bond acceptors (Lipinski definition) is 3. The van der Waals surface area contributed by atoms with Gasteiger partial charge in [-0.2, -0.15) is 5.10 Å². The summed E-state index contributed by atoms with van der Waals surface area (Å²) in [4.78, 5) is 29.0. The van der Waals surface area contributed by atoms with Crippen LogP contribution in [0.5, 0.6) is 0 Å². The van der Waals surface area contributed by atoms with E-state index in [0.29, 0.717) is 5.82 Å². The maximum Gasteiger partial charge on any atom is 0.340 e. The predicted molar refractivity (Wildman–Crippen MR) is 84.9 cm³/mol. The molecule has 1 saturated heterocycles. The SMILES string of the molecule is O=C(C1Cc2ccccc2C1)N1CCCC[C@H]1c1n[nH]c(=O)[nH]1. The van der Waals surface area contributed by atoms with Crippen molar-refractivity contribution < 1.29 is 4.79 Å². The first-order chi connectivity index (χ1) is 11.2. The summed E-state index contributed by atoms with van der Waals surface area (Å²) in [5, 5.41) is 6.46. The summed E-state index contributed by atoms with van der Waals surface area (Å²) in [7, 11) is 0. The van der Waals surface area contributed by atoms with Crippen molar-refractivity contribution in [1.29, 1.82) is 0 Å². The van der Waals surface area contributed by atoms with Crippen LogP contribution in [0, 0.1) is 5.92 Å². The Morgan fingerprint density at radius 3 is 2.57 bits per heavy atom. The number of amides is 1. The molecule has 1 fully saturated rings. The fourth-order valence-corrected chi connectivity index (χ4v) is 3.89. The van der Waals surface area contributed by atoms with Crippen LogP contribution in [0.25, 0.3) is 0 Å². The van der Waals surface area contributed by atoms with E-state index in [4.69, 9.17) is 0 Å². The lowest BCUT2D eigenvalue weighted by Crippen LogP contribution is -2.42. The van der Waals surface area contributed by atoms with Gasteiger partial charge >= 0.3 is 5.69 Å². The summed E-state index contributed by atoms with van der Waals surface area (Å²) in [6.07, 6.45) is 4.54. The Morgan fingerprint density at radius 1 is 1.17 bits per heavy atom. The third-order valence-electron chi connectivity index (χ3n) is 5.02. The maximum atomic E-state index is 13.1. The lowest BCUT2D eigenvalue weighted by Gasteiger charge is -2.36. The summed E-state index contributed by atoms with van der Waals surface area (Å²) < 4.78 is 0. The minimum Gasteiger partial charge on any atom is -0.332 e. The van der Waals surface area contributed by atoms with Gasteiger partial charge in [-0.1, -0.05) is 24.3 Å². The third-order valence-corrected chi connectivity index (χ3v) is 5.02. The molecule has 1 aliphatic heterocycles. The van der Waals surface area contributed by atoms with E-state index in [9.17, 15) is 9.59 Å². The Hall–Kier alpha value is -2.37. The van der Waals surface area contributed by atoms with Crippen molar-refractivity contribution in [1.82, 2.24) is 20.1 Å². The van der Waals surface area contributed by atoms with Crippen LogP contribution in [0.3, 0.4) is 0 Å². The Morgan fingerprint density at radius 2 is 1.91 bits per heavy atom. The second-order valence-corrected chi connectivity index (χ2v) is 6.48. The Balaban J connectivity index is 1.56. The van der Waals surface area contributed by atoms with Gasteiger partial charge in [0.25, 0.3) is 0 Å². The number of carbonyl (C=O) groups excluding carboxylic acids is 1. The zero-order valence-electron chi connectivity index (χ0n) is 12.9. The fraction of sp³-hybridized carbons (Fsp3) is 0.471. The molecule has 4 rings (SSSR count). The van der Waals surface area contributed by atoms with E-state index in [1.165, 1.54) is 11.1 Å². The first-order valence-electron chi connectivity index (χ1n) is 8.24. The van der Waals surface area contributed by atoms with Gasteiger partial charge < -0.3 is 4.90 Å². The number of nitrogens with one attached hydrogen (secondary N) is 2. The van der Waals surface area contributed by atoms with Gasteiger partial charge in [0.2, 0.25) is 5.91 Å². The van der Waals surface area contributed by atoms with Crippen LogP contribution in [-0.2, 0) is 17.6 Å². The molecule has 6 heteroatoms. The van der Waals surface area contributed by atoms with Crippen LogP contribution in [0.2, 0.25) is 0 Å². The number of rotatable bonds is 2. The molecule has 23 heavy (non-hydrogen) atoms. The summed E-state index contributed by atoms with van der Waals surface area (Å²) in [5.74, 6) is 0.784. The minimum atomic E-state index is -0.314. The zero-order chi connectivity index (χ0) is 15.8. The van der Waals surface area contributed by atoms with Crippen LogP contribution < -0.4 is 5.69 Å². The topological polar surface area (TPSA) is 81.8 Å². The monoisotopic (exact) mass is 312 g/mol. The normalized spacial score (nSPS) is 21.4. The van der Waals surface area contributed by atoms with Crippen LogP contribution in [-0.4, -0.2) is 32.5 Å². The van der Waals surface area contributed by atoms with Crippen LogP contribution >= 0.6 is 0 Å². The quantitative estimate of drug-likeness (QED) is 0.883. The van der Waals surface area contributed by atoms with Crippen molar-refractivity contribution in [3.63, 3.8) is 0 Å². The van der Waals surface area contributed by atoms with Crippen LogP contribution in [0.15, 0.2) is 29.1 Å². The van der Waals surface area contributed by atoms with Crippen LogP contribution in [0.4, 0.5) is 0 Å². The largest absolute Gasteiger partial charge is 0.340 e. The number of aromatic nitrogens is 3. The number of nitrogens with zero attached hydrogens (tertiary/aromatic N) is 2. The predicted octanol–water partition coefficient (Wildman–Crippen LogP) is 1.57. The number of aromatic amines is 2. The highest BCUT2D eigenvalue weighted by Crippen LogP contribution is 2.33. The van der Waals surface area contributed by atoms with Crippen molar-refractivity contribution in [3.05, 3.63) is 51.7 Å². The molecule has 0 saturated carbocycles. The van der Waals surface area contributed by atoms with E-state index in [-0.39, 0.29) is 23.6 Å².